The van der Waals surface area contributed by atoms with Crippen LogP contribution in [-0.4, -0.2) is 19.1 Å². The van der Waals surface area contributed by atoms with Gasteiger partial charge < -0.3 is 10.6 Å². The summed E-state index contributed by atoms with van der Waals surface area (Å²) in [7, 11) is 0. The Morgan fingerprint density at radius 3 is 3.08 bits per heavy atom. The minimum atomic E-state index is 0.480. The van der Waals surface area contributed by atoms with Gasteiger partial charge in [0.1, 0.15) is 0 Å². The molecule has 0 aliphatic carbocycles. The van der Waals surface area contributed by atoms with Crippen molar-refractivity contribution < 1.29 is 0 Å². The van der Waals surface area contributed by atoms with E-state index in [4.69, 9.17) is 0 Å². The summed E-state index contributed by atoms with van der Waals surface area (Å²) in [4.78, 5) is 0. The SMILES string of the molecule is CCCNCC1=CC(C)NC=C1. The van der Waals surface area contributed by atoms with E-state index in [-0.39, 0.29) is 0 Å². The maximum absolute atomic E-state index is 3.38. The molecule has 0 radical (unpaired) electrons. The van der Waals surface area contributed by atoms with E-state index in [1.165, 1.54) is 12.0 Å². The summed E-state index contributed by atoms with van der Waals surface area (Å²) in [6.45, 7) is 6.44. The van der Waals surface area contributed by atoms with Crippen LogP contribution in [0.4, 0.5) is 0 Å². The first kappa shape index (κ1) is 9.33. The normalized spacial score (nSPS) is 21.8. The number of dihydropyridines is 1. The molecule has 1 unspecified atom stereocenters. The first-order valence-electron chi connectivity index (χ1n) is 4.67. The maximum atomic E-state index is 3.38. The highest BCUT2D eigenvalue weighted by Crippen LogP contribution is 2.02. The Morgan fingerprint density at radius 2 is 2.42 bits per heavy atom. The van der Waals surface area contributed by atoms with Crippen LogP contribution in [0.3, 0.4) is 0 Å². The van der Waals surface area contributed by atoms with Crippen molar-refractivity contribution in [1.29, 1.82) is 0 Å². The van der Waals surface area contributed by atoms with Crippen LogP contribution in [0.2, 0.25) is 0 Å². The molecule has 68 valence electrons. The van der Waals surface area contributed by atoms with Crippen molar-refractivity contribution in [3.8, 4) is 0 Å². The summed E-state index contributed by atoms with van der Waals surface area (Å²) in [5.74, 6) is 0. The lowest BCUT2D eigenvalue weighted by Crippen LogP contribution is -2.24. The van der Waals surface area contributed by atoms with Gasteiger partial charge in [-0.15, -0.1) is 0 Å². The monoisotopic (exact) mass is 166 g/mol. The summed E-state index contributed by atoms with van der Waals surface area (Å²) in [6, 6.07) is 0.480. The molecule has 0 aromatic rings. The average Bonchev–Trinajstić information content (AvgIpc) is 2.05. The molecule has 0 aromatic carbocycles. The van der Waals surface area contributed by atoms with Crippen molar-refractivity contribution >= 4 is 0 Å². The number of rotatable bonds is 4. The number of hydrogen-bond donors (Lipinski definition) is 2. The van der Waals surface area contributed by atoms with Gasteiger partial charge in [0.05, 0.1) is 0 Å². The molecule has 0 amide bonds. The maximum Gasteiger partial charge on any atom is 0.0416 e. The topological polar surface area (TPSA) is 24.1 Å². The van der Waals surface area contributed by atoms with Gasteiger partial charge in [0.15, 0.2) is 0 Å². The van der Waals surface area contributed by atoms with Crippen molar-refractivity contribution in [3.05, 3.63) is 23.9 Å². The van der Waals surface area contributed by atoms with Crippen LogP contribution in [0.25, 0.3) is 0 Å². The minimum Gasteiger partial charge on any atom is -0.385 e. The lowest BCUT2D eigenvalue weighted by Gasteiger charge is -2.14. The third kappa shape index (κ3) is 3.09. The molecular weight excluding hydrogens is 148 g/mol. The second-order valence-electron chi connectivity index (χ2n) is 3.21. The Morgan fingerprint density at radius 1 is 1.58 bits per heavy atom. The summed E-state index contributed by atoms with van der Waals surface area (Å²) >= 11 is 0. The highest BCUT2D eigenvalue weighted by Gasteiger charge is 2.01. The van der Waals surface area contributed by atoms with Gasteiger partial charge in [-0.2, -0.15) is 0 Å². The van der Waals surface area contributed by atoms with Gasteiger partial charge in [-0.3, -0.25) is 0 Å². The molecule has 1 atom stereocenters. The second kappa shape index (κ2) is 4.99. The standard InChI is InChI=1S/C10H18N2/c1-3-5-11-8-10-4-6-12-9(2)7-10/h4,6-7,9,11-12H,3,5,8H2,1-2H3. The average molecular weight is 166 g/mol. The molecule has 2 N–H and O–H groups in total. The largest absolute Gasteiger partial charge is 0.385 e. The highest BCUT2D eigenvalue weighted by molar-refractivity contribution is 5.25. The lowest BCUT2D eigenvalue weighted by molar-refractivity contribution is 0.698. The van der Waals surface area contributed by atoms with Gasteiger partial charge in [0.2, 0.25) is 0 Å². The van der Waals surface area contributed by atoms with Gasteiger partial charge in [-0.1, -0.05) is 13.0 Å². The zero-order valence-electron chi connectivity index (χ0n) is 7.93. The van der Waals surface area contributed by atoms with Crippen molar-refractivity contribution in [2.45, 2.75) is 26.3 Å². The molecule has 12 heavy (non-hydrogen) atoms. The van der Waals surface area contributed by atoms with Crippen molar-refractivity contribution in [3.63, 3.8) is 0 Å². The van der Waals surface area contributed by atoms with Gasteiger partial charge in [-0.05, 0) is 37.7 Å². The van der Waals surface area contributed by atoms with E-state index in [2.05, 4.69) is 36.6 Å². The second-order valence-corrected chi connectivity index (χ2v) is 3.21. The van der Waals surface area contributed by atoms with Gasteiger partial charge in [0, 0.05) is 12.6 Å². The van der Waals surface area contributed by atoms with Crippen molar-refractivity contribution in [1.82, 2.24) is 10.6 Å². The summed E-state index contributed by atoms with van der Waals surface area (Å²) in [5, 5.41) is 6.60. The summed E-state index contributed by atoms with van der Waals surface area (Å²) in [6.07, 6.45) is 7.60. The van der Waals surface area contributed by atoms with Crippen LogP contribution in [0.15, 0.2) is 23.9 Å². The Hall–Kier alpha value is -0.760. The molecule has 2 heteroatoms. The van der Waals surface area contributed by atoms with Crippen LogP contribution in [-0.2, 0) is 0 Å². The smallest absolute Gasteiger partial charge is 0.0416 e. The van der Waals surface area contributed by atoms with Crippen LogP contribution in [0.5, 0.6) is 0 Å². The third-order valence-electron chi connectivity index (χ3n) is 1.88. The van der Waals surface area contributed by atoms with Gasteiger partial charge in [-0.25, -0.2) is 0 Å². The molecule has 0 spiro atoms. The molecule has 1 aliphatic rings. The molecule has 0 fully saturated rings. The zero-order chi connectivity index (χ0) is 8.81. The van der Waals surface area contributed by atoms with Crippen LogP contribution in [0, 0.1) is 0 Å². The Balaban J connectivity index is 2.26. The molecule has 0 bridgehead atoms. The first-order valence-corrected chi connectivity index (χ1v) is 4.67. The van der Waals surface area contributed by atoms with Crippen LogP contribution >= 0.6 is 0 Å². The Labute approximate surface area is 74.7 Å². The third-order valence-corrected chi connectivity index (χ3v) is 1.88. The first-order chi connectivity index (χ1) is 5.83. The quantitative estimate of drug-likeness (QED) is 0.617. The van der Waals surface area contributed by atoms with E-state index in [9.17, 15) is 0 Å². The summed E-state index contributed by atoms with van der Waals surface area (Å²) < 4.78 is 0. The zero-order valence-corrected chi connectivity index (χ0v) is 7.93. The van der Waals surface area contributed by atoms with Gasteiger partial charge >= 0.3 is 0 Å². The molecule has 1 heterocycles. The molecule has 2 nitrogen and oxygen atoms in total. The Kier molecular flexibility index (Phi) is 3.88. The van der Waals surface area contributed by atoms with E-state index >= 15 is 0 Å². The van der Waals surface area contributed by atoms with E-state index < -0.39 is 0 Å². The van der Waals surface area contributed by atoms with Gasteiger partial charge in [0.25, 0.3) is 0 Å². The molecule has 0 saturated heterocycles. The van der Waals surface area contributed by atoms with E-state index in [0.717, 1.165) is 13.1 Å². The minimum absolute atomic E-state index is 0.480. The molecular formula is C10H18N2. The predicted octanol–water partition coefficient (Wildman–Crippen LogP) is 1.42. The fourth-order valence-corrected chi connectivity index (χ4v) is 1.26. The van der Waals surface area contributed by atoms with Crippen LogP contribution in [0.1, 0.15) is 20.3 Å². The predicted molar refractivity (Wildman–Crippen MR) is 53.0 cm³/mol. The van der Waals surface area contributed by atoms with Crippen molar-refractivity contribution in [2.75, 3.05) is 13.1 Å². The Bertz CT molecular complexity index is 182. The molecule has 1 rings (SSSR count). The fourth-order valence-electron chi connectivity index (χ4n) is 1.26. The fraction of sp³-hybridized carbons (Fsp3) is 0.600. The lowest BCUT2D eigenvalue weighted by atomic mass is 10.1. The molecule has 1 aliphatic heterocycles. The van der Waals surface area contributed by atoms with E-state index in [0.29, 0.717) is 6.04 Å². The van der Waals surface area contributed by atoms with E-state index in [1.807, 2.05) is 6.20 Å². The number of hydrogen-bond acceptors (Lipinski definition) is 2. The molecule has 0 saturated carbocycles. The highest BCUT2D eigenvalue weighted by atomic mass is 14.9. The van der Waals surface area contributed by atoms with Crippen molar-refractivity contribution in [2.24, 2.45) is 0 Å². The van der Waals surface area contributed by atoms with E-state index in [1.54, 1.807) is 0 Å². The number of nitrogens with one attached hydrogen (secondary N) is 2. The summed E-state index contributed by atoms with van der Waals surface area (Å²) in [5.41, 5.74) is 1.38. The van der Waals surface area contributed by atoms with Crippen LogP contribution < -0.4 is 10.6 Å². The molecule has 0 aromatic heterocycles.